The highest BCUT2D eigenvalue weighted by Crippen LogP contribution is 2.18. The standard InChI is InChI=1S/C17H25NO2/c1-11-6-7-16(8-12(11)2)17(19)15(5)18-9-13(3)20-14(4)10-18/h6-8,13-15H,9-10H2,1-5H3. The van der Waals surface area contributed by atoms with E-state index in [1.54, 1.807) is 0 Å². The molecule has 1 heterocycles. The number of nitrogens with zero attached hydrogens (tertiary/aromatic N) is 1. The topological polar surface area (TPSA) is 29.5 Å². The van der Waals surface area contributed by atoms with E-state index in [9.17, 15) is 4.79 Å². The van der Waals surface area contributed by atoms with Crippen LogP contribution >= 0.6 is 0 Å². The Morgan fingerprint density at radius 1 is 1.20 bits per heavy atom. The van der Waals surface area contributed by atoms with Gasteiger partial charge in [-0.2, -0.15) is 0 Å². The number of Topliss-reactive ketones (excluding diaryl/α,β-unsaturated/α-hetero) is 1. The zero-order chi connectivity index (χ0) is 14.9. The minimum Gasteiger partial charge on any atom is -0.373 e. The second-order valence-electron chi connectivity index (χ2n) is 6.05. The van der Waals surface area contributed by atoms with Crippen LogP contribution in [0.4, 0.5) is 0 Å². The van der Waals surface area contributed by atoms with Gasteiger partial charge in [-0.15, -0.1) is 0 Å². The molecule has 0 saturated carbocycles. The van der Waals surface area contributed by atoms with E-state index in [2.05, 4.69) is 32.6 Å². The molecule has 3 nitrogen and oxygen atoms in total. The number of ether oxygens (including phenoxy) is 1. The lowest BCUT2D eigenvalue weighted by atomic mass is 9.99. The summed E-state index contributed by atoms with van der Waals surface area (Å²) in [6.07, 6.45) is 0.377. The first-order chi connectivity index (χ1) is 9.38. The summed E-state index contributed by atoms with van der Waals surface area (Å²) in [7, 11) is 0. The molecular formula is C17H25NO2. The van der Waals surface area contributed by atoms with E-state index in [0.29, 0.717) is 0 Å². The van der Waals surface area contributed by atoms with Gasteiger partial charge in [-0.05, 0) is 51.8 Å². The molecule has 0 bridgehead atoms. The Morgan fingerprint density at radius 2 is 1.80 bits per heavy atom. The molecule has 20 heavy (non-hydrogen) atoms. The average molecular weight is 275 g/mol. The second kappa shape index (κ2) is 6.06. The molecule has 1 aromatic carbocycles. The summed E-state index contributed by atoms with van der Waals surface area (Å²) in [5, 5.41) is 0. The third-order valence-corrected chi connectivity index (χ3v) is 4.17. The van der Waals surface area contributed by atoms with Gasteiger partial charge in [-0.3, -0.25) is 9.69 Å². The smallest absolute Gasteiger partial charge is 0.179 e. The highest BCUT2D eigenvalue weighted by molar-refractivity contribution is 6.00. The summed E-state index contributed by atoms with van der Waals surface area (Å²) in [5.74, 6) is 0.203. The fraction of sp³-hybridized carbons (Fsp3) is 0.588. The van der Waals surface area contributed by atoms with Crippen molar-refractivity contribution in [1.82, 2.24) is 4.90 Å². The lowest BCUT2D eigenvalue weighted by molar-refractivity contribution is -0.0744. The zero-order valence-corrected chi connectivity index (χ0v) is 13.1. The van der Waals surface area contributed by atoms with Crippen molar-refractivity contribution in [2.45, 2.75) is 52.9 Å². The van der Waals surface area contributed by atoms with Gasteiger partial charge in [0, 0.05) is 18.7 Å². The Morgan fingerprint density at radius 3 is 2.35 bits per heavy atom. The third-order valence-electron chi connectivity index (χ3n) is 4.17. The number of aryl methyl sites for hydroxylation is 2. The molecule has 1 aliphatic heterocycles. The average Bonchev–Trinajstić information content (AvgIpc) is 2.39. The number of ketones is 1. The van der Waals surface area contributed by atoms with E-state index in [4.69, 9.17) is 4.74 Å². The Bertz CT molecular complexity index is 488. The maximum absolute atomic E-state index is 12.6. The predicted octanol–water partition coefficient (Wildman–Crippen LogP) is 2.98. The molecule has 1 saturated heterocycles. The summed E-state index contributed by atoms with van der Waals surface area (Å²) >= 11 is 0. The minimum atomic E-state index is -0.0918. The van der Waals surface area contributed by atoms with Crippen molar-refractivity contribution < 1.29 is 9.53 Å². The first-order valence-corrected chi connectivity index (χ1v) is 7.39. The first-order valence-electron chi connectivity index (χ1n) is 7.39. The number of hydrogen-bond donors (Lipinski definition) is 0. The number of benzene rings is 1. The second-order valence-corrected chi connectivity index (χ2v) is 6.05. The van der Waals surface area contributed by atoms with Gasteiger partial charge in [0.1, 0.15) is 0 Å². The molecule has 0 radical (unpaired) electrons. The van der Waals surface area contributed by atoms with E-state index < -0.39 is 0 Å². The van der Waals surface area contributed by atoms with Gasteiger partial charge in [0.15, 0.2) is 5.78 Å². The van der Waals surface area contributed by atoms with Crippen molar-refractivity contribution in [1.29, 1.82) is 0 Å². The number of hydrogen-bond acceptors (Lipinski definition) is 3. The lowest BCUT2D eigenvalue weighted by Gasteiger charge is -2.38. The van der Waals surface area contributed by atoms with Crippen LogP contribution < -0.4 is 0 Å². The summed E-state index contributed by atoms with van der Waals surface area (Å²) in [6.45, 7) is 11.9. The molecule has 3 heteroatoms. The van der Waals surface area contributed by atoms with Crippen LogP contribution in [0.2, 0.25) is 0 Å². The van der Waals surface area contributed by atoms with Gasteiger partial charge < -0.3 is 4.74 Å². The highest BCUT2D eigenvalue weighted by Gasteiger charge is 2.29. The van der Waals surface area contributed by atoms with E-state index in [1.807, 2.05) is 25.1 Å². The van der Waals surface area contributed by atoms with E-state index in [-0.39, 0.29) is 24.0 Å². The van der Waals surface area contributed by atoms with Crippen LogP contribution in [0.25, 0.3) is 0 Å². The first kappa shape index (κ1) is 15.2. The molecule has 1 aliphatic rings. The van der Waals surface area contributed by atoms with Gasteiger partial charge >= 0.3 is 0 Å². The van der Waals surface area contributed by atoms with Crippen LogP contribution in [0.15, 0.2) is 18.2 Å². The van der Waals surface area contributed by atoms with Crippen LogP contribution in [-0.4, -0.2) is 42.0 Å². The van der Waals surface area contributed by atoms with Crippen LogP contribution in [-0.2, 0) is 4.74 Å². The molecule has 1 aromatic rings. The van der Waals surface area contributed by atoms with Gasteiger partial charge in [-0.1, -0.05) is 12.1 Å². The monoisotopic (exact) mass is 275 g/mol. The molecule has 3 unspecified atom stereocenters. The fourth-order valence-electron chi connectivity index (χ4n) is 2.84. The van der Waals surface area contributed by atoms with Gasteiger partial charge in [-0.25, -0.2) is 0 Å². The van der Waals surface area contributed by atoms with Crippen molar-refractivity contribution in [2.24, 2.45) is 0 Å². The van der Waals surface area contributed by atoms with E-state index >= 15 is 0 Å². The molecule has 110 valence electrons. The number of morpholine rings is 1. The van der Waals surface area contributed by atoms with Crippen molar-refractivity contribution in [3.05, 3.63) is 34.9 Å². The molecule has 0 amide bonds. The number of carbonyl (C=O) groups excluding carboxylic acids is 1. The van der Waals surface area contributed by atoms with Crippen LogP contribution in [0.5, 0.6) is 0 Å². The zero-order valence-electron chi connectivity index (χ0n) is 13.1. The van der Waals surface area contributed by atoms with Gasteiger partial charge in [0.2, 0.25) is 0 Å². The summed E-state index contributed by atoms with van der Waals surface area (Å²) in [5.41, 5.74) is 3.21. The van der Waals surface area contributed by atoms with Crippen molar-refractivity contribution in [3.63, 3.8) is 0 Å². The van der Waals surface area contributed by atoms with E-state index in [0.717, 1.165) is 18.7 Å². The third kappa shape index (κ3) is 3.28. The van der Waals surface area contributed by atoms with Crippen LogP contribution in [0.3, 0.4) is 0 Å². The quantitative estimate of drug-likeness (QED) is 0.794. The van der Waals surface area contributed by atoms with Gasteiger partial charge in [0.25, 0.3) is 0 Å². The number of carbonyl (C=O) groups is 1. The van der Waals surface area contributed by atoms with Crippen molar-refractivity contribution in [3.8, 4) is 0 Å². The number of rotatable bonds is 3. The van der Waals surface area contributed by atoms with Crippen molar-refractivity contribution >= 4 is 5.78 Å². The van der Waals surface area contributed by atoms with Crippen LogP contribution in [0, 0.1) is 13.8 Å². The summed E-state index contributed by atoms with van der Waals surface area (Å²) < 4.78 is 5.73. The lowest BCUT2D eigenvalue weighted by Crippen LogP contribution is -2.51. The largest absolute Gasteiger partial charge is 0.373 e. The summed E-state index contributed by atoms with van der Waals surface area (Å²) in [4.78, 5) is 14.9. The fourth-order valence-corrected chi connectivity index (χ4v) is 2.84. The van der Waals surface area contributed by atoms with Gasteiger partial charge in [0.05, 0.1) is 18.2 Å². The predicted molar refractivity (Wildman–Crippen MR) is 81.3 cm³/mol. The van der Waals surface area contributed by atoms with E-state index in [1.165, 1.54) is 11.1 Å². The van der Waals surface area contributed by atoms with Crippen molar-refractivity contribution in [2.75, 3.05) is 13.1 Å². The Hall–Kier alpha value is -1.19. The maximum Gasteiger partial charge on any atom is 0.179 e. The molecule has 2 rings (SSSR count). The minimum absolute atomic E-state index is 0.0918. The molecule has 0 aromatic heterocycles. The summed E-state index contributed by atoms with van der Waals surface area (Å²) in [6, 6.07) is 5.88. The molecule has 0 aliphatic carbocycles. The Kier molecular flexibility index (Phi) is 4.61. The molecule has 0 spiro atoms. The molecule has 3 atom stereocenters. The maximum atomic E-state index is 12.6. The molecule has 1 fully saturated rings. The highest BCUT2D eigenvalue weighted by atomic mass is 16.5. The normalized spacial score (nSPS) is 25.4. The van der Waals surface area contributed by atoms with Crippen LogP contribution in [0.1, 0.15) is 42.3 Å². The SMILES string of the molecule is Cc1ccc(C(=O)C(C)N2CC(C)OC(C)C2)cc1C. The Balaban J connectivity index is 2.13. The Labute approximate surface area is 121 Å². The molecule has 0 N–H and O–H groups in total. The molecular weight excluding hydrogens is 250 g/mol.